The number of hydrogen-bond donors (Lipinski definition) is 2. The first-order chi connectivity index (χ1) is 13.7. The second-order valence-corrected chi connectivity index (χ2v) is 8.07. The van der Waals surface area contributed by atoms with Crippen molar-refractivity contribution in [1.29, 1.82) is 0 Å². The molecule has 3 rings (SSSR count). The van der Waals surface area contributed by atoms with Crippen LogP contribution in [0.3, 0.4) is 0 Å². The molecule has 1 fully saturated rings. The van der Waals surface area contributed by atoms with Crippen LogP contribution in [0.1, 0.15) is 16.7 Å². The van der Waals surface area contributed by atoms with Gasteiger partial charge in [-0.25, -0.2) is 9.69 Å². The summed E-state index contributed by atoms with van der Waals surface area (Å²) in [5, 5.41) is 11.2. The molecule has 1 heterocycles. The van der Waals surface area contributed by atoms with E-state index in [-0.39, 0.29) is 5.70 Å². The number of carboxylic acids is 1. The molecule has 0 unspecified atom stereocenters. The van der Waals surface area contributed by atoms with Crippen molar-refractivity contribution in [3.63, 3.8) is 0 Å². The zero-order chi connectivity index (χ0) is 21.1. The van der Waals surface area contributed by atoms with Gasteiger partial charge in [0.15, 0.2) is 0 Å². The van der Waals surface area contributed by atoms with Crippen LogP contribution in [0, 0.1) is 6.92 Å². The van der Waals surface area contributed by atoms with Crippen LogP contribution in [0.5, 0.6) is 5.75 Å². The molecule has 29 heavy (non-hydrogen) atoms. The molecule has 2 aromatic rings. The van der Waals surface area contributed by atoms with Crippen LogP contribution in [0.2, 0.25) is 0 Å². The lowest BCUT2D eigenvalue weighted by atomic mass is 10.1. The molecule has 1 aliphatic rings. The molecule has 0 saturated carbocycles. The van der Waals surface area contributed by atoms with Crippen LogP contribution in [0.4, 0.5) is 4.79 Å². The average molecular weight is 524 g/mol. The number of aryl methyl sites for hydroxylation is 1. The monoisotopic (exact) mass is 522 g/mol. The Balaban J connectivity index is 1.77. The standard InChI is InChI=1S/C20H16Br2N2O5/c1-11-2-4-12(5-3-11)10-29-18-14(21)6-13(7-15(18)22)8-16-19(27)24(9-17(25)26)20(28)23-16/h2-8H,9-10H2,1H3,(H,23,28)(H,25,26)/b16-8+. The normalized spacial score (nSPS) is 15.0. The quantitative estimate of drug-likeness (QED) is 0.439. The highest BCUT2D eigenvalue weighted by Crippen LogP contribution is 2.36. The summed E-state index contributed by atoms with van der Waals surface area (Å²) in [7, 11) is 0. The summed E-state index contributed by atoms with van der Waals surface area (Å²) in [6.45, 7) is 1.71. The number of nitrogens with zero attached hydrogens (tertiary/aromatic N) is 1. The summed E-state index contributed by atoms with van der Waals surface area (Å²) in [6, 6.07) is 10.7. The van der Waals surface area contributed by atoms with Crippen LogP contribution in [0.25, 0.3) is 6.08 Å². The van der Waals surface area contributed by atoms with Crippen molar-refractivity contribution < 1.29 is 24.2 Å². The minimum atomic E-state index is -1.27. The van der Waals surface area contributed by atoms with Crippen molar-refractivity contribution in [3.8, 4) is 5.75 Å². The fraction of sp³-hybridized carbons (Fsp3) is 0.150. The first kappa shape index (κ1) is 21.1. The minimum absolute atomic E-state index is 0.00312. The van der Waals surface area contributed by atoms with Crippen LogP contribution in [-0.2, 0) is 16.2 Å². The number of carbonyl (C=O) groups excluding carboxylic acids is 2. The van der Waals surface area contributed by atoms with E-state index in [1.54, 1.807) is 12.1 Å². The van der Waals surface area contributed by atoms with E-state index in [1.807, 2.05) is 31.2 Å². The molecular formula is C20H16Br2N2O5. The minimum Gasteiger partial charge on any atom is -0.487 e. The number of ether oxygens (including phenoxy) is 1. The number of urea groups is 1. The number of nitrogens with one attached hydrogen (secondary N) is 1. The van der Waals surface area contributed by atoms with E-state index in [1.165, 1.54) is 11.6 Å². The van der Waals surface area contributed by atoms with Crippen LogP contribution >= 0.6 is 31.9 Å². The molecule has 0 radical (unpaired) electrons. The van der Waals surface area contributed by atoms with Crippen molar-refractivity contribution in [1.82, 2.24) is 10.2 Å². The fourth-order valence-corrected chi connectivity index (χ4v) is 4.11. The third-order valence-electron chi connectivity index (χ3n) is 4.09. The molecule has 0 bridgehead atoms. The molecule has 1 saturated heterocycles. The molecular weight excluding hydrogens is 508 g/mol. The van der Waals surface area contributed by atoms with Gasteiger partial charge in [0.2, 0.25) is 0 Å². The smallest absolute Gasteiger partial charge is 0.329 e. The molecule has 9 heteroatoms. The Bertz CT molecular complexity index is 995. The number of hydrogen-bond acceptors (Lipinski definition) is 4. The van der Waals surface area contributed by atoms with Crippen LogP contribution in [-0.4, -0.2) is 34.5 Å². The molecule has 150 valence electrons. The van der Waals surface area contributed by atoms with E-state index >= 15 is 0 Å². The van der Waals surface area contributed by atoms with Gasteiger partial charge in [-0.3, -0.25) is 9.59 Å². The summed E-state index contributed by atoms with van der Waals surface area (Å²) >= 11 is 6.92. The fourth-order valence-electron chi connectivity index (χ4n) is 2.66. The van der Waals surface area contributed by atoms with Crippen LogP contribution in [0.15, 0.2) is 51.0 Å². The number of carboxylic acid groups (broad SMARTS) is 1. The Labute approximate surface area is 183 Å². The van der Waals surface area contributed by atoms with Gasteiger partial charge in [-0.15, -0.1) is 0 Å². The molecule has 1 aliphatic heterocycles. The van der Waals surface area contributed by atoms with Gasteiger partial charge < -0.3 is 15.2 Å². The predicted octanol–water partition coefficient (Wildman–Crippen LogP) is 4.08. The number of carbonyl (C=O) groups is 3. The summed E-state index contributed by atoms with van der Waals surface area (Å²) in [4.78, 5) is 35.5. The highest BCUT2D eigenvalue weighted by molar-refractivity contribution is 9.11. The van der Waals surface area contributed by atoms with Gasteiger partial charge in [0, 0.05) is 0 Å². The third kappa shape index (κ3) is 5.04. The summed E-state index contributed by atoms with van der Waals surface area (Å²) < 4.78 is 7.21. The molecule has 0 atom stereocenters. The van der Waals surface area contributed by atoms with Crippen molar-refractivity contribution in [2.24, 2.45) is 0 Å². The summed E-state index contributed by atoms with van der Waals surface area (Å²) in [5.41, 5.74) is 2.82. The number of aliphatic carboxylic acids is 1. The highest BCUT2D eigenvalue weighted by atomic mass is 79.9. The Morgan fingerprint density at radius 1 is 1.17 bits per heavy atom. The molecule has 7 nitrogen and oxygen atoms in total. The SMILES string of the molecule is Cc1ccc(COc2c(Br)cc(/C=C3/NC(=O)N(CC(=O)O)C3=O)cc2Br)cc1. The first-order valence-electron chi connectivity index (χ1n) is 8.48. The van der Waals surface area contributed by atoms with Crippen molar-refractivity contribution in [3.05, 3.63) is 67.7 Å². The van der Waals surface area contributed by atoms with Crippen LogP contribution < -0.4 is 10.1 Å². The van der Waals surface area contributed by atoms with E-state index in [0.29, 0.717) is 31.8 Å². The number of amides is 3. The Kier molecular flexibility index (Phi) is 6.39. The van der Waals surface area contributed by atoms with Gasteiger partial charge in [0.25, 0.3) is 5.91 Å². The van der Waals surface area contributed by atoms with Gasteiger partial charge in [0.1, 0.15) is 24.6 Å². The second-order valence-electron chi connectivity index (χ2n) is 6.36. The Hall–Kier alpha value is -2.65. The van der Waals surface area contributed by atoms with Gasteiger partial charge in [-0.1, -0.05) is 29.8 Å². The van der Waals surface area contributed by atoms with Gasteiger partial charge in [0.05, 0.1) is 8.95 Å². The molecule has 0 spiro atoms. The Morgan fingerprint density at radius 3 is 2.38 bits per heavy atom. The second kappa shape index (κ2) is 8.79. The highest BCUT2D eigenvalue weighted by Gasteiger charge is 2.34. The molecule has 2 N–H and O–H groups in total. The zero-order valence-electron chi connectivity index (χ0n) is 15.2. The van der Waals surface area contributed by atoms with Gasteiger partial charge in [-0.2, -0.15) is 0 Å². The lowest BCUT2D eigenvalue weighted by molar-refractivity contribution is -0.140. The van der Waals surface area contributed by atoms with Gasteiger partial charge >= 0.3 is 12.0 Å². The largest absolute Gasteiger partial charge is 0.487 e. The number of halogens is 2. The third-order valence-corrected chi connectivity index (χ3v) is 5.27. The average Bonchev–Trinajstić information content (AvgIpc) is 2.89. The lowest BCUT2D eigenvalue weighted by Gasteiger charge is -2.12. The predicted molar refractivity (Wildman–Crippen MR) is 113 cm³/mol. The maximum atomic E-state index is 12.2. The molecule has 0 aliphatic carbocycles. The van der Waals surface area contributed by atoms with Gasteiger partial charge in [-0.05, 0) is 68.1 Å². The molecule has 2 aromatic carbocycles. The topological polar surface area (TPSA) is 95.9 Å². The van der Waals surface area contributed by atoms with Crippen molar-refractivity contribution in [2.75, 3.05) is 6.54 Å². The summed E-state index contributed by atoms with van der Waals surface area (Å²) in [5.74, 6) is -1.36. The molecule has 3 amide bonds. The van der Waals surface area contributed by atoms with E-state index in [2.05, 4.69) is 37.2 Å². The summed E-state index contributed by atoms with van der Waals surface area (Å²) in [6.07, 6.45) is 1.47. The van der Waals surface area contributed by atoms with E-state index < -0.39 is 24.5 Å². The number of benzene rings is 2. The van der Waals surface area contributed by atoms with Crippen molar-refractivity contribution in [2.45, 2.75) is 13.5 Å². The number of imide groups is 1. The van der Waals surface area contributed by atoms with Crippen molar-refractivity contribution >= 4 is 55.8 Å². The lowest BCUT2D eigenvalue weighted by Crippen LogP contribution is -2.35. The maximum absolute atomic E-state index is 12.2. The van der Waals surface area contributed by atoms with E-state index in [9.17, 15) is 14.4 Å². The Morgan fingerprint density at radius 2 is 1.79 bits per heavy atom. The maximum Gasteiger partial charge on any atom is 0.329 e. The zero-order valence-corrected chi connectivity index (χ0v) is 18.4. The van der Waals surface area contributed by atoms with E-state index in [4.69, 9.17) is 9.84 Å². The first-order valence-corrected chi connectivity index (χ1v) is 10.1. The number of rotatable bonds is 6. The van der Waals surface area contributed by atoms with E-state index in [0.717, 1.165) is 5.56 Å². The molecule has 0 aromatic heterocycles.